The summed E-state index contributed by atoms with van der Waals surface area (Å²) in [7, 11) is 0. The highest BCUT2D eigenvalue weighted by atomic mass is 32.1. The average molecular weight is 307 g/mol. The van der Waals surface area contributed by atoms with Gasteiger partial charge < -0.3 is 10.3 Å². The van der Waals surface area contributed by atoms with Crippen LogP contribution >= 0.6 is 12.2 Å². The predicted octanol–water partition coefficient (Wildman–Crippen LogP) is 3.54. The molecule has 0 radical (unpaired) electrons. The van der Waals surface area contributed by atoms with Crippen LogP contribution in [0.3, 0.4) is 0 Å². The molecule has 0 atom stereocenters. The summed E-state index contributed by atoms with van der Waals surface area (Å²) in [6.45, 7) is 2.77. The topological polar surface area (TPSA) is 43.8 Å². The van der Waals surface area contributed by atoms with E-state index < -0.39 is 0 Å². The van der Waals surface area contributed by atoms with E-state index in [1.165, 1.54) is 5.56 Å². The third-order valence-electron chi connectivity index (χ3n) is 3.65. The number of nitrogens with zero attached hydrogens (tertiary/aromatic N) is 2. The van der Waals surface area contributed by atoms with Gasteiger partial charge >= 0.3 is 0 Å². The van der Waals surface area contributed by atoms with Crippen LogP contribution in [0.25, 0.3) is 11.4 Å². The van der Waals surface area contributed by atoms with Crippen molar-refractivity contribution in [3.05, 3.63) is 77.6 Å². The maximum atomic E-state index is 5.82. The van der Waals surface area contributed by atoms with Crippen molar-refractivity contribution in [1.82, 2.24) is 9.55 Å². The van der Waals surface area contributed by atoms with Crippen LogP contribution in [-0.2, 0) is 6.54 Å². The van der Waals surface area contributed by atoms with E-state index in [0.29, 0.717) is 11.5 Å². The van der Waals surface area contributed by atoms with Crippen LogP contribution in [-0.4, -0.2) is 14.5 Å². The molecule has 110 valence electrons. The maximum Gasteiger partial charge on any atom is 0.140 e. The van der Waals surface area contributed by atoms with E-state index in [1.807, 2.05) is 36.7 Å². The van der Waals surface area contributed by atoms with Crippen LogP contribution < -0.4 is 5.73 Å². The molecule has 0 spiro atoms. The molecular formula is C18H17N3S. The molecule has 3 rings (SSSR count). The van der Waals surface area contributed by atoms with Crippen molar-refractivity contribution in [3.63, 3.8) is 0 Å². The van der Waals surface area contributed by atoms with Crippen molar-refractivity contribution in [2.75, 3.05) is 0 Å². The summed E-state index contributed by atoms with van der Waals surface area (Å²) in [5.74, 6) is 0.942. The Morgan fingerprint density at radius 2 is 1.86 bits per heavy atom. The summed E-state index contributed by atoms with van der Waals surface area (Å²) in [5, 5.41) is 0. The number of imidazole rings is 1. The molecule has 1 heterocycles. The Labute approximate surface area is 135 Å². The Kier molecular flexibility index (Phi) is 4.02. The lowest BCUT2D eigenvalue weighted by atomic mass is 10.1. The number of nitrogens with two attached hydrogens (primary N) is 1. The van der Waals surface area contributed by atoms with E-state index in [4.69, 9.17) is 18.0 Å². The van der Waals surface area contributed by atoms with Gasteiger partial charge in [-0.2, -0.15) is 0 Å². The van der Waals surface area contributed by atoms with Crippen LogP contribution in [0, 0.1) is 6.92 Å². The Hall–Kier alpha value is -2.46. The van der Waals surface area contributed by atoms with Gasteiger partial charge in [0.15, 0.2) is 0 Å². The van der Waals surface area contributed by atoms with Gasteiger partial charge in [-0.3, -0.25) is 0 Å². The van der Waals surface area contributed by atoms with Gasteiger partial charge in [-0.05, 0) is 12.5 Å². The number of aromatic nitrogens is 2. The first-order valence-electron chi connectivity index (χ1n) is 7.11. The first kappa shape index (κ1) is 14.5. The lowest BCUT2D eigenvalue weighted by Gasteiger charge is -2.12. The molecule has 3 nitrogen and oxygen atoms in total. The van der Waals surface area contributed by atoms with E-state index in [9.17, 15) is 0 Å². The zero-order chi connectivity index (χ0) is 15.5. The average Bonchev–Trinajstić information content (AvgIpc) is 2.96. The fourth-order valence-electron chi connectivity index (χ4n) is 2.48. The summed E-state index contributed by atoms with van der Waals surface area (Å²) in [5.41, 5.74) is 10.2. The van der Waals surface area contributed by atoms with Gasteiger partial charge in [-0.1, -0.05) is 66.3 Å². The van der Waals surface area contributed by atoms with E-state index in [2.05, 4.69) is 40.7 Å². The smallest absolute Gasteiger partial charge is 0.140 e. The summed E-state index contributed by atoms with van der Waals surface area (Å²) in [6.07, 6.45) is 3.80. The monoisotopic (exact) mass is 307 g/mol. The predicted molar refractivity (Wildman–Crippen MR) is 93.8 cm³/mol. The number of aryl methyl sites for hydroxylation is 1. The molecule has 0 aliphatic rings. The number of thiocarbonyl (C=S) groups is 1. The fourth-order valence-corrected chi connectivity index (χ4v) is 2.68. The summed E-state index contributed by atoms with van der Waals surface area (Å²) < 4.78 is 2.11. The molecule has 0 saturated heterocycles. The molecule has 0 fully saturated rings. The Bertz CT molecular complexity index is 803. The minimum Gasteiger partial charge on any atom is -0.389 e. The summed E-state index contributed by atoms with van der Waals surface area (Å²) >= 11 is 5.14. The van der Waals surface area contributed by atoms with E-state index in [-0.39, 0.29) is 0 Å². The van der Waals surface area contributed by atoms with Gasteiger partial charge in [0.25, 0.3) is 0 Å². The van der Waals surface area contributed by atoms with Crippen LogP contribution in [0.4, 0.5) is 0 Å². The number of benzene rings is 2. The second-order valence-corrected chi connectivity index (χ2v) is 5.71. The normalized spacial score (nSPS) is 10.6. The van der Waals surface area contributed by atoms with Crippen LogP contribution in [0.15, 0.2) is 60.9 Å². The third kappa shape index (κ3) is 2.92. The molecule has 0 saturated carbocycles. The third-order valence-corrected chi connectivity index (χ3v) is 3.87. The minimum atomic E-state index is 0.424. The van der Waals surface area contributed by atoms with Crippen LogP contribution in [0.5, 0.6) is 0 Å². The molecule has 22 heavy (non-hydrogen) atoms. The second kappa shape index (κ2) is 6.12. The fraction of sp³-hybridized carbons (Fsp3) is 0.111. The standard InChI is InChI=1S/C18H17N3S/c1-13-6-8-14(9-7-13)18-20-10-11-21(18)12-15-4-2-3-5-16(15)17(19)22/h2-11H,12H2,1H3,(H2,19,22). The second-order valence-electron chi connectivity index (χ2n) is 5.27. The lowest BCUT2D eigenvalue weighted by Crippen LogP contribution is -2.14. The van der Waals surface area contributed by atoms with Gasteiger partial charge in [0.05, 0.1) is 0 Å². The van der Waals surface area contributed by atoms with Crippen molar-refractivity contribution in [2.45, 2.75) is 13.5 Å². The highest BCUT2D eigenvalue weighted by Gasteiger charge is 2.09. The highest BCUT2D eigenvalue weighted by molar-refractivity contribution is 7.80. The molecule has 0 amide bonds. The molecule has 0 aliphatic carbocycles. The van der Waals surface area contributed by atoms with Crippen molar-refractivity contribution >= 4 is 17.2 Å². The Balaban J connectivity index is 1.97. The Morgan fingerprint density at radius 1 is 1.14 bits per heavy atom. The summed E-state index contributed by atoms with van der Waals surface area (Å²) in [6, 6.07) is 16.3. The largest absolute Gasteiger partial charge is 0.389 e. The zero-order valence-corrected chi connectivity index (χ0v) is 13.2. The molecule has 3 aromatic rings. The van der Waals surface area contributed by atoms with E-state index >= 15 is 0 Å². The molecule has 1 aromatic heterocycles. The van der Waals surface area contributed by atoms with Crippen LogP contribution in [0.1, 0.15) is 16.7 Å². The zero-order valence-electron chi connectivity index (χ0n) is 12.4. The van der Waals surface area contributed by atoms with E-state index in [0.717, 1.165) is 22.5 Å². The number of hydrogen-bond donors (Lipinski definition) is 1. The van der Waals surface area contributed by atoms with Gasteiger partial charge in [0.1, 0.15) is 10.8 Å². The maximum absolute atomic E-state index is 5.82. The van der Waals surface area contributed by atoms with Gasteiger partial charge in [-0.25, -0.2) is 4.98 Å². The molecule has 4 heteroatoms. The van der Waals surface area contributed by atoms with Gasteiger partial charge in [0.2, 0.25) is 0 Å². The number of hydrogen-bond acceptors (Lipinski definition) is 2. The van der Waals surface area contributed by atoms with Crippen molar-refractivity contribution in [3.8, 4) is 11.4 Å². The molecule has 0 unspecified atom stereocenters. The van der Waals surface area contributed by atoms with Gasteiger partial charge in [-0.15, -0.1) is 0 Å². The first-order valence-corrected chi connectivity index (χ1v) is 7.52. The van der Waals surface area contributed by atoms with Crippen molar-refractivity contribution in [2.24, 2.45) is 5.73 Å². The minimum absolute atomic E-state index is 0.424. The lowest BCUT2D eigenvalue weighted by molar-refractivity contribution is 0.806. The van der Waals surface area contributed by atoms with Gasteiger partial charge in [0, 0.05) is 30.1 Å². The quantitative estimate of drug-likeness (QED) is 0.750. The number of rotatable bonds is 4. The first-order chi connectivity index (χ1) is 10.6. The molecule has 0 bridgehead atoms. The molecule has 0 aliphatic heterocycles. The van der Waals surface area contributed by atoms with Crippen molar-refractivity contribution < 1.29 is 0 Å². The Morgan fingerprint density at radius 3 is 2.59 bits per heavy atom. The summed E-state index contributed by atoms with van der Waals surface area (Å²) in [4.78, 5) is 4.91. The molecular weight excluding hydrogens is 290 g/mol. The molecule has 2 aromatic carbocycles. The van der Waals surface area contributed by atoms with E-state index in [1.54, 1.807) is 0 Å². The highest BCUT2D eigenvalue weighted by Crippen LogP contribution is 2.20. The SMILES string of the molecule is Cc1ccc(-c2nccn2Cc2ccccc2C(N)=S)cc1. The molecule has 2 N–H and O–H groups in total. The van der Waals surface area contributed by atoms with Crippen LogP contribution in [0.2, 0.25) is 0 Å². The van der Waals surface area contributed by atoms with Crippen molar-refractivity contribution in [1.29, 1.82) is 0 Å².